The Morgan fingerprint density at radius 3 is 2.68 bits per heavy atom. The number of nitrogens with zero attached hydrogens (tertiary/aromatic N) is 1. The van der Waals surface area contributed by atoms with E-state index < -0.39 is 18.1 Å². The van der Waals surface area contributed by atoms with Gasteiger partial charge in [-0.25, -0.2) is 4.79 Å². The van der Waals surface area contributed by atoms with Crippen molar-refractivity contribution in [3.63, 3.8) is 0 Å². The number of hydrogen-bond acceptors (Lipinski definition) is 4. The first-order chi connectivity index (χ1) is 10.4. The van der Waals surface area contributed by atoms with Gasteiger partial charge in [-0.2, -0.15) is 0 Å². The van der Waals surface area contributed by atoms with Crippen molar-refractivity contribution in [1.29, 1.82) is 0 Å². The van der Waals surface area contributed by atoms with E-state index in [4.69, 9.17) is 10.8 Å². The van der Waals surface area contributed by atoms with Crippen molar-refractivity contribution >= 4 is 12.1 Å². The highest BCUT2D eigenvalue weighted by Gasteiger charge is 2.29. The van der Waals surface area contributed by atoms with Gasteiger partial charge in [-0.15, -0.1) is 0 Å². The molecule has 0 aromatic heterocycles. The summed E-state index contributed by atoms with van der Waals surface area (Å²) in [5.74, 6) is -1.02. The predicted molar refractivity (Wildman–Crippen MR) is 78.9 cm³/mol. The summed E-state index contributed by atoms with van der Waals surface area (Å²) in [6.45, 7) is 0.503. The van der Waals surface area contributed by atoms with E-state index in [9.17, 15) is 19.8 Å². The molecule has 0 spiro atoms. The number of phenolic OH excluding ortho intramolecular Hbond substituents is 1. The number of carboxylic acids is 1. The summed E-state index contributed by atoms with van der Waals surface area (Å²) in [6.07, 6.45) is 1.20. The summed E-state index contributed by atoms with van der Waals surface area (Å²) >= 11 is 0. The smallest absolute Gasteiger partial charge is 0.407 e. The molecule has 5 N–H and O–H groups in total. The van der Waals surface area contributed by atoms with Crippen LogP contribution in [0.15, 0.2) is 18.2 Å². The van der Waals surface area contributed by atoms with E-state index >= 15 is 0 Å². The number of rotatable bonds is 5. The minimum absolute atomic E-state index is 0.0718. The number of phenols is 1. The molecule has 0 bridgehead atoms. The molecule has 120 valence electrons. The molecule has 0 unspecified atom stereocenters. The Kier molecular flexibility index (Phi) is 4.87. The van der Waals surface area contributed by atoms with Crippen LogP contribution in [0.5, 0.6) is 5.75 Å². The van der Waals surface area contributed by atoms with Crippen molar-refractivity contribution in [2.75, 3.05) is 6.54 Å². The lowest BCUT2D eigenvalue weighted by atomic mass is 9.94. The Morgan fingerprint density at radius 2 is 2.05 bits per heavy atom. The third-order valence-corrected chi connectivity index (χ3v) is 4.03. The van der Waals surface area contributed by atoms with Crippen LogP contribution >= 0.6 is 0 Å². The summed E-state index contributed by atoms with van der Waals surface area (Å²) in [4.78, 5) is 23.5. The lowest BCUT2D eigenvalue weighted by Gasteiger charge is -2.23. The van der Waals surface area contributed by atoms with Crippen LogP contribution in [-0.4, -0.2) is 50.9 Å². The third-order valence-electron chi connectivity index (χ3n) is 4.03. The van der Waals surface area contributed by atoms with E-state index in [0.717, 1.165) is 24.0 Å². The highest BCUT2D eigenvalue weighted by Crippen LogP contribution is 2.25. The van der Waals surface area contributed by atoms with Gasteiger partial charge >= 0.3 is 12.1 Å². The van der Waals surface area contributed by atoms with Crippen molar-refractivity contribution in [2.24, 2.45) is 5.73 Å². The maximum absolute atomic E-state index is 11.2. The van der Waals surface area contributed by atoms with Gasteiger partial charge in [-0.05, 0) is 48.9 Å². The second-order valence-corrected chi connectivity index (χ2v) is 5.58. The molecule has 1 aliphatic rings. The lowest BCUT2D eigenvalue weighted by Crippen LogP contribution is -2.36. The first-order valence-corrected chi connectivity index (χ1v) is 7.17. The highest BCUT2D eigenvalue weighted by molar-refractivity contribution is 5.73. The molecular weight excluding hydrogens is 288 g/mol. The predicted octanol–water partition coefficient (Wildman–Crippen LogP) is 1.03. The summed E-state index contributed by atoms with van der Waals surface area (Å²) in [7, 11) is 0. The molecule has 22 heavy (non-hydrogen) atoms. The molecule has 1 aromatic carbocycles. The van der Waals surface area contributed by atoms with Crippen LogP contribution in [0.1, 0.15) is 24.0 Å². The van der Waals surface area contributed by atoms with Crippen molar-refractivity contribution < 1.29 is 24.9 Å². The Morgan fingerprint density at radius 1 is 1.32 bits per heavy atom. The van der Waals surface area contributed by atoms with Crippen LogP contribution in [0, 0.1) is 0 Å². The Bertz CT molecular complexity index is 575. The van der Waals surface area contributed by atoms with Gasteiger partial charge in [0, 0.05) is 12.6 Å². The first kappa shape index (κ1) is 16.1. The van der Waals surface area contributed by atoms with E-state index in [0.29, 0.717) is 13.0 Å². The molecule has 1 aliphatic heterocycles. The zero-order valence-electron chi connectivity index (χ0n) is 12.1. The average molecular weight is 308 g/mol. The largest absolute Gasteiger partial charge is 0.508 e. The minimum atomic E-state index is -1.09. The molecule has 0 saturated carbocycles. The van der Waals surface area contributed by atoms with Crippen LogP contribution in [-0.2, 0) is 17.6 Å². The van der Waals surface area contributed by atoms with E-state index in [1.54, 1.807) is 12.1 Å². The van der Waals surface area contributed by atoms with Gasteiger partial charge in [0.15, 0.2) is 0 Å². The summed E-state index contributed by atoms with van der Waals surface area (Å²) in [5.41, 5.74) is 7.04. The molecule has 1 saturated heterocycles. The monoisotopic (exact) mass is 308 g/mol. The molecular formula is C15H20N2O5. The molecule has 0 radical (unpaired) electrons. The fraction of sp³-hybridized carbons (Fsp3) is 0.467. The maximum Gasteiger partial charge on any atom is 0.407 e. The molecule has 2 atom stereocenters. The van der Waals surface area contributed by atoms with Gasteiger partial charge in [0.05, 0.1) is 0 Å². The number of aliphatic carboxylic acids is 1. The molecule has 1 heterocycles. The van der Waals surface area contributed by atoms with Gasteiger partial charge in [-0.1, -0.05) is 6.07 Å². The quantitative estimate of drug-likeness (QED) is 0.644. The number of hydrogen-bond donors (Lipinski definition) is 4. The lowest BCUT2D eigenvalue weighted by molar-refractivity contribution is -0.138. The highest BCUT2D eigenvalue weighted by atomic mass is 16.4. The third kappa shape index (κ3) is 3.67. The number of amides is 1. The van der Waals surface area contributed by atoms with E-state index in [2.05, 4.69) is 0 Å². The minimum Gasteiger partial charge on any atom is -0.508 e. The summed E-state index contributed by atoms with van der Waals surface area (Å²) < 4.78 is 0. The van der Waals surface area contributed by atoms with Gasteiger partial charge in [0.25, 0.3) is 0 Å². The molecule has 7 nitrogen and oxygen atoms in total. The first-order valence-electron chi connectivity index (χ1n) is 7.17. The van der Waals surface area contributed by atoms with Crippen molar-refractivity contribution in [3.8, 4) is 5.75 Å². The Hall–Kier alpha value is -2.28. The van der Waals surface area contributed by atoms with E-state index in [1.807, 2.05) is 0 Å². The Balaban J connectivity index is 2.20. The number of carboxylic acid groups (broad SMARTS) is 2. The van der Waals surface area contributed by atoms with Crippen molar-refractivity contribution in [2.45, 2.75) is 37.8 Å². The van der Waals surface area contributed by atoms with Gasteiger partial charge in [-0.3, -0.25) is 4.79 Å². The number of carbonyl (C=O) groups is 2. The van der Waals surface area contributed by atoms with Crippen molar-refractivity contribution in [3.05, 3.63) is 29.3 Å². The van der Waals surface area contributed by atoms with Crippen LogP contribution in [0.2, 0.25) is 0 Å². The second kappa shape index (κ2) is 6.65. The number of benzene rings is 1. The number of likely N-dealkylation sites (tertiary alicyclic amines) is 1. The standard InChI is InChI=1S/C15H20N2O5/c16-13(14(19)20)8-9-3-4-12(18)7-10(9)6-11-2-1-5-17(11)15(21)22/h3-4,7,11,13,18H,1-2,5-6,8,16H2,(H,19,20)(H,21,22)/t11-,13-/m0/s1. The zero-order chi connectivity index (χ0) is 16.3. The molecule has 1 fully saturated rings. The summed E-state index contributed by atoms with van der Waals surface area (Å²) in [6, 6.07) is 3.51. The molecule has 1 amide bonds. The normalized spacial score (nSPS) is 19.1. The fourth-order valence-electron chi connectivity index (χ4n) is 2.88. The molecule has 0 aliphatic carbocycles. The van der Waals surface area contributed by atoms with Gasteiger partial charge < -0.3 is 26.0 Å². The molecule has 2 rings (SSSR count). The van der Waals surface area contributed by atoms with E-state index in [-0.39, 0.29) is 18.2 Å². The van der Waals surface area contributed by atoms with Crippen molar-refractivity contribution in [1.82, 2.24) is 4.90 Å². The van der Waals surface area contributed by atoms with Gasteiger partial charge in [0.1, 0.15) is 11.8 Å². The number of aromatic hydroxyl groups is 1. The van der Waals surface area contributed by atoms with Gasteiger partial charge in [0.2, 0.25) is 0 Å². The SMILES string of the molecule is N[C@@H](Cc1ccc(O)cc1C[C@@H]1CCCN1C(=O)O)C(=O)O. The van der Waals surface area contributed by atoms with Crippen LogP contribution in [0.4, 0.5) is 4.79 Å². The molecule has 1 aromatic rings. The van der Waals surface area contributed by atoms with Crippen LogP contribution in [0.3, 0.4) is 0 Å². The maximum atomic E-state index is 11.2. The second-order valence-electron chi connectivity index (χ2n) is 5.58. The van der Waals surface area contributed by atoms with Crippen LogP contribution in [0.25, 0.3) is 0 Å². The topological polar surface area (TPSA) is 124 Å². The average Bonchev–Trinajstić information content (AvgIpc) is 2.90. The molecule has 7 heteroatoms. The number of nitrogens with two attached hydrogens (primary N) is 1. The zero-order valence-corrected chi connectivity index (χ0v) is 12.1. The fourth-order valence-corrected chi connectivity index (χ4v) is 2.88. The summed E-state index contributed by atoms with van der Waals surface area (Å²) in [5, 5.41) is 27.8. The Labute approximate surface area is 128 Å². The van der Waals surface area contributed by atoms with E-state index in [1.165, 1.54) is 11.0 Å². The van der Waals surface area contributed by atoms with Crippen LogP contribution < -0.4 is 5.73 Å².